The van der Waals surface area contributed by atoms with Crippen LogP contribution in [0.1, 0.15) is 55.5 Å². The van der Waals surface area contributed by atoms with Gasteiger partial charge < -0.3 is 15.4 Å². The van der Waals surface area contributed by atoms with Gasteiger partial charge >= 0.3 is 0 Å². The molecule has 1 heterocycles. The average Bonchev–Trinajstić information content (AvgIpc) is 2.82. The Hall–Kier alpha value is -3.32. The fraction of sp³-hybridized carbons (Fsp3) is 0.385. The fourth-order valence-corrected chi connectivity index (χ4v) is 4.70. The van der Waals surface area contributed by atoms with Crippen LogP contribution in [0.4, 0.5) is 5.69 Å². The van der Waals surface area contributed by atoms with Gasteiger partial charge in [0.05, 0.1) is 11.5 Å². The second kappa shape index (κ2) is 9.67. The number of hydrogen-bond acceptors (Lipinski definition) is 5. The SMILES string of the molecule is CC1(C)C=C(COc2ccc(C(=O)N[C@@H]3CCCC[C@@H]3C(=O)NO)cc2)c2ccccc2N1. The normalized spacial score (nSPS) is 21.1. The maximum absolute atomic E-state index is 12.7. The summed E-state index contributed by atoms with van der Waals surface area (Å²) >= 11 is 0. The molecule has 2 aliphatic rings. The minimum atomic E-state index is -0.444. The van der Waals surface area contributed by atoms with Crippen molar-refractivity contribution in [3.05, 3.63) is 65.7 Å². The quantitative estimate of drug-likeness (QED) is 0.392. The van der Waals surface area contributed by atoms with Crippen molar-refractivity contribution in [1.82, 2.24) is 10.8 Å². The lowest BCUT2D eigenvalue weighted by molar-refractivity contribution is -0.135. The largest absolute Gasteiger partial charge is 0.489 e. The van der Waals surface area contributed by atoms with E-state index in [1.165, 1.54) is 0 Å². The van der Waals surface area contributed by atoms with Crippen molar-refractivity contribution in [1.29, 1.82) is 0 Å². The van der Waals surface area contributed by atoms with Crippen molar-refractivity contribution in [3.8, 4) is 5.75 Å². The lowest BCUT2D eigenvalue weighted by atomic mass is 9.84. The molecule has 0 bridgehead atoms. The Labute approximate surface area is 194 Å². The van der Waals surface area contributed by atoms with Gasteiger partial charge in [-0.1, -0.05) is 37.1 Å². The van der Waals surface area contributed by atoms with E-state index in [-0.39, 0.29) is 17.5 Å². The Bertz CT molecular complexity index is 1050. The maximum atomic E-state index is 12.7. The standard InChI is InChI=1S/C26H31N3O4/c1-26(2)15-18(20-7-3-6-10-23(20)28-26)16-33-19-13-11-17(12-14-19)24(30)27-22-9-5-4-8-21(22)25(31)29-32/h3,6-7,10-15,21-22,28,32H,4-5,8-9,16H2,1-2H3,(H,27,30)(H,29,31)/t21-,22+/m0/s1. The van der Waals surface area contributed by atoms with Gasteiger partial charge in [0.1, 0.15) is 12.4 Å². The Morgan fingerprint density at radius 3 is 2.58 bits per heavy atom. The van der Waals surface area contributed by atoms with Crippen LogP contribution in [0.5, 0.6) is 5.75 Å². The first-order chi connectivity index (χ1) is 15.9. The van der Waals surface area contributed by atoms with Gasteiger partial charge in [0.15, 0.2) is 0 Å². The molecule has 0 saturated heterocycles. The number of fused-ring (bicyclic) bond motifs is 1. The van der Waals surface area contributed by atoms with E-state index in [0.717, 1.165) is 29.7 Å². The van der Waals surface area contributed by atoms with Crippen LogP contribution in [0.3, 0.4) is 0 Å². The molecule has 33 heavy (non-hydrogen) atoms. The van der Waals surface area contributed by atoms with Crippen LogP contribution in [-0.2, 0) is 4.79 Å². The van der Waals surface area contributed by atoms with Gasteiger partial charge in [-0.15, -0.1) is 0 Å². The van der Waals surface area contributed by atoms with E-state index >= 15 is 0 Å². The van der Waals surface area contributed by atoms with Gasteiger partial charge in [-0.2, -0.15) is 0 Å². The molecule has 0 spiro atoms. The Kier molecular flexibility index (Phi) is 6.70. The van der Waals surface area contributed by atoms with E-state index in [1.54, 1.807) is 29.7 Å². The molecular formula is C26H31N3O4. The average molecular weight is 450 g/mol. The highest BCUT2D eigenvalue weighted by Gasteiger charge is 2.32. The molecule has 1 aliphatic heterocycles. The van der Waals surface area contributed by atoms with Gasteiger partial charge in [0.2, 0.25) is 5.91 Å². The predicted octanol–water partition coefficient (Wildman–Crippen LogP) is 4.15. The second-order valence-corrected chi connectivity index (χ2v) is 9.32. The van der Waals surface area contributed by atoms with Crippen LogP contribution in [-0.4, -0.2) is 35.2 Å². The van der Waals surface area contributed by atoms with E-state index < -0.39 is 11.8 Å². The lowest BCUT2D eigenvalue weighted by Crippen LogP contribution is -2.47. The molecule has 7 nitrogen and oxygen atoms in total. The van der Waals surface area contributed by atoms with Crippen molar-refractivity contribution in [2.45, 2.75) is 51.1 Å². The van der Waals surface area contributed by atoms with Crippen LogP contribution in [0.25, 0.3) is 5.57 Å². The molecule has 2 aromatic rings. The number of carbonyl (C=O) groups is 2. The molecule has 2 atom stereocenters. The van der Waals surface area contributed by atoms with Crippen LogP contribution in [0, 0.1) is 5.92 Å². The van der Waals surface area contributed by atoms with Gasteiger partial charge in [0, 0.05) is 22.9 Å². The minimum absolute atomic E-state index is 0.168. The topological polar surface area (TPSA) is 99.7 Å². The van der Waals surface area contributed by atoms with Gasteiger partial charge in [-0.05, 0) is 62.6 Å². The molecule has 174 valence electrons. The number of rotatable bonds is 6. The molecule has 1 fully saturated rings. The van der Waals surface area contributed by atoms with Crippen LogP contribution >= 0.6 is 0 Å². The van der Waals surface area contributed by atoms with Gasteiger partial charge in [-0.25, -0.2) is 5.48 Å². The zero-order valence-electron chi connectivity index (χ0n) is 19.1. The molecule has 7 heteroatoms. The minimum Gasteiger partial charge on any atom is -0.489 e. The Morgan fingerprint density at radius 2 is 1.82 bits per heavy atom. The molecule has 0 aromatic heterocycles. The number of ether oxygens (including phenoxy) is 1. The number of para-hydroxylation sites is 1. The highest BCUT2D eigenvalue weighted by molar-refractivity contribution is 5.95. The molecule has 2 amide bonds. The van der Waals surface area contributed by atoms with Gasteiger partial charge in [-0.3, -0.25) is 14.8 Å². The zero-order valence-corrected chi connectivity index (χ0v) is 19.1. The Balaban J connectivity index is 1.39. The maximum Gasteiger partial charge on any atom is 0.251 e. The first kappa shape index (κ1) is 22.9. The first-order valence-corrected chi connectivity index (χ1v) is 11.4. The molecule has 0 unspecified atom stereocenters. The van der Waals surface area contributed by atoms with Crippen molar-refractivity contribution < 1.29 is 19.5 Å². The van der Waals surface area contributed by atoms with E-state index in [0.29, 0.717) is 30.8 Å². The third-order valence-electron chi connectivity index (χ3n) is 6.31. The van der Waals surface area contributed by atoms with E-state index in [2.05, 4.69) is 42.7 Å². The number of hydrogen-bond donors (Lipinski definition) is 4. The summed E-state index contributed by atoms with van der Waals surface area (Å²) in [6.45, 7) is 4.67. The summed E-state index contributed by atoms with van der Waals surface area (Å²) in [6.07, 6.45) is 5.39. The van der Waals surface area contributed by atoms with Gasteiger partial charge in [0.25, 0.3) is 5.91 Å². The fourth-order valence-electron chi connectivity index (χ4n) is 4.70. The number of carbonyl (C=O) groups excluding carboxylic acids is 2. The lowest BCUT2D eigenvalue weighted by Gasteiger charge is -2.32. The van der Waals surface area contributed by atoms with Crippen molar-refractivity contribution in [3.63, 3.8) is 0 Å². The number of hydroxylamine groups is 1. The molecule has 1 aliphatic carbocycles. The van der Waals surface area contributed by atoms with Crippen molar-refractivity contribution in [2.75, 3.05) is 11.9 Å². The van der Waals surface area contributed by atoms with Crippen LogP contribution < -0.4 is 20.9 Å². The van der Waals surface area contributed by atoms with Crippen molar-refractivity contribution in [2.24, 2.45) is 5.92 Å². The summed E-state index contributed by atoms with van der Waals surface area (Å²) in [4.78, 5) is 24.7. The summed E-state index contributed by atoms with van der Waals surface area (Å²) in [5.74, 6) is -0.418. The van der Waals surface area contributed by atoms with Crippen LogP contribution in [0.15, 0.2) is 54.6 Å². The molecule has 4 rings (SSSR count). The van der Waals surface area contributed by atoms with Crippen molar-refractivity contribution >= 4 is 23.1 Å². The Morgan fingerprint density at radius 1 is 1.09 bits per heavy atom. The summed E-state index contributed by atoms with van der Waals surface area (Å²) < 4.78 is 6.03. The summed E-state index contributed by atoms with van der Waals surface area (Å²) in [6, 6.07) is 14.9. The molecule has 1 saturated carbocycles. The summed E-state index contributed by atoms with van der Waals surface area (Å²) in [5, 5.41) is 15.5. The smallest absolute Gasteiger partial charge is 0.251 e. The number of nitrogens with one attached hydrogen (secondary N) is 3. The number of benzene rings is 2. The highest BCUT2D eigenvalue weighted by atomic mass is 16.5. The predicted molar refractivity (Wildman–Crippen MR) is 127 cm³/mol. The monoisotopic (exact) mass is 449 g/mol. The third-order valence-corrected chi connectivity index (χ3v) is 6.31. The van der Waals surface area contributed by atoms with E-state index in [1.807, 2.05) is 12.1 Å². The molecular weight excluding hydrogens is 418 g/mol. The van der Waals surface area contributed by atoms with E-state index in [9.17, 15) is 9.59 Å². The first-order valence-electron chi connectivity index (χ1n) is 11.4. The second-order valence-electron chi connectivity index (χ2n) is 9.32. The third kappa shape index (κ3) is 5.37. The molecule has 0 radical (unpaired) electrons. The molecule has 2 aromatic carbocycles. The van der Waals surface area contributed by atoms with E-state index in [4.69, 9.17) is 9.94 Å². The number of amides is 2. The molecule has 4 N–H and O–H groups in total. The highest BCUT2D eigenvalue weighted by Crippen LogP contribution is 2.34. The summed E-state index contributed by atoms with van der Waals surface area (Å²) in [5.41, 5.74) is 5.39. The number of anilines is 1. The zero-order chi connectivity index (χ0) is 23.4. The van der Waals surface area contributed by atoms with Crippen LogP contribution in [0.2, 0.25) is 0 Å². The summed E-state index contributed by atoms with van der Waals surface area (Å²) in [7, 11) is 0.